The third-order valence-electron chi connectivity index (χ3n) is 3.43. The molecule has 0 aromatic carbocycles. The van der Waals surface area contributed by atoms with Crippen molar-refractivity contribution in [1.29, 1.82) is 0 Å². The van der Waals surface area contributed by atoms with E-state index < -0.39 is 0 Å². The maximum Gasteiger partial charge on any atom is 0.137 e. The van der Waals surface area contributed by atoms with Gasteiger partial charge in [-0.1, -0.05) is 33.1 Å². The molecule has 0 saturated heterocycles. The molecule has 1 aromatic rings. The molecule has 1 rings (SSSR count). The Bertz CT molecular complexity index is 344. The number of hydrogen-bond acceptors (Lipinski definition) is 4. The van der Waals surface area contributed by atoms with Crippen LogP contribution in [0.2, 0.25) is 0 Å². The highest BCUT2D eigenvalue weighted by Gasteiger charge is 2.20. The van der Waals surface area contributed by atoms with Gasteiger partial charge in [-0.3, -0.25) is 16.3 Å². The van der Waals surface area contributed by atoms with E-state index in [1.165, 1.54) is 19.3 Å². The van der Waals surface area contributed by atoms with Crippen LogP contribution >= 0.6 is 0 Å². The van der Waals surface area contributed by atoms with Crippen molar-refractivity contribution in [3.63, 3.8) is 0 Å². The van der Waals surface area contributed by atoms with E-state index in [2.05, 4.69) is 24.3 Å². The Morgan fingerprint density at radius 3 is 2.72 bits per heavy atom. The van der Waals surface area contributed by atoms with Gasteiger partial charge in [-0.05, 0) is 24.0 Å². The van der Waals surface area contributed by atoms with Crippen LogP contribution in [0.1, 0.15) is 51.1 Å². The molecule has 0 spiro atoms. The first kappa shape index (κ1) is 14.9. The van der Waals surface area contributed by atoms with E-state index in [-0.39, 0.29) is 6.04 Å². The summed E-state index contributed by atoms with van der Waals surface area (Å²) in [5.74, 6) is 7.03. The molecule has 0 radical (unpaired) electrons. The largest absolute Gasteiger partial charge is 0.495 e. The number of methoxy groups -OCH3 is 1. The van der Waals surface area contributed by atoms with Crippen molar-refractivity contribution in [3.8, 4) is 5.75 Å². The molecule has 0 aliphatic heterocycles. The number of hydrogen-bond donors (Lipinski definition) is 2. The summed E-state index contributed by atoms with van der Waals surface area (Å²) in [5, 5.41) is 0. The van der Waals surface area contributed by atoms with E-state index >= 15 is 0 Å². The lowest BCUT2D eigenvalue weighted by Gasteiger charge is -2.26. The maximum absolute atomic E-state index is 5.73. The average molecular weight is 251 g/mol. The van der Waals surface area contributed by atoms with Crippen molar-refractivity contribution < 1.29 is 4.74 Å². The topological polar surface area (TPSA) is 60.2 Å². The fourth-order valence-electron chi connectivity index (χ4n) is 2.29. The van der Waals surface area contributed by atoms with Crippen molar-refractivity contribution in [3.05, 3.63) is 24.0 Å². The molecule has 3 N–H and O–H groups in total. The fourth-order valence-corrected chi connectivity index (χ4v) is 2.29. The molecule has 1 aromatic heterocycles. The summed E-state index contributed by atoms with van der Waals surface area (Å²) < 4.78 is 5.21. The van der Waals surface area contributed by atoms with Crippen LogP contribution in [0.3, 0.4) is 0 Å². The van der Waals surface area contributed by atoms with Crippen LogP contribution in [0.5, 0.6) is 5.75 Å². The smallest absolute Gasteiger partial charge is 0.137 e. The molecule has 0 saturated carbocycles. The molecule has 0 fully saturated rings. The summed E-state index contributed by atoms with van der Waals surface area (Å²) in [5.41, 5.74) is 4.03. The minimum absolute atomic E-state index is 0.143. The van der Waals surface area contributed by atoms with Gasteiger partial charge in [0.2, 0.25) is 0 Å². The third kappa shape index (κ3) is 3.96. The van der Waals surface area contributed by atoms with Crippen molar-refractivity contribution in [2.24, 2.45) is 11.8 Å². The molecule has 0 aliphatic carbocycles. The summed E-state index contributed by atoms with van der Waals surface area (Å²) in [6.45, 7) is 4.42. The summed E-state index contributed by atoms with van der Waals surface area (Å²) >= 11 is 0. The predicted octanol–water partition coefficient (Wildman–Crippen LogP) is 2.81. The number of hydrazine groups is 1. The molecule has 18 heavy (non-hydrogen) atoms. The van der Waals surface area contributed by atoms with Gasteiger partial charge in [0.25, 0.3) is 0 Å². The molecule has 0 amide bonds. The van der Waals surface area contributed by atoms with Gasteiger partial charge in [0.05, 0.1) is 19.3 Å². The van der Waals surface area contributed by atoms with Gasteiger partial charge in [-0.2, -0.15) is 0 Å². The van der Waals surface area contributed by atoms with Gasteiger partial charge in [-0.15, -0.1) is 0 Å². The average Bonchev–Trinajstić information content (AvgIpc) is 2.43. The highest BCUT2D eigenvalue weighted by molar-refractivity contribution is 5.26. The number of rotatable bonds is 8. The normalized spacial score (nSPS) is 14.2. The summed E-state index contributed by atoms with van der Waals surface area (Å²) in [4.78, 5) is 4.20. The van der Waals surface area contributed by atoms with E-state index in [0.29, 0.717) is 5.92 Å². The standard InChI is InChI=1S/C14H25N3O/c1-4-6-7-11(5-2)14(17-15)12-8-13(18-3)10-16-9-12/h8-11,14,17H,4-7,15H2,1-3H3. The zero-order chi connectivity index (χ0) is 13.4. The molecule has 2 atom stereocenters. The van der Waals surface area contributed by atoms with E-state index in [0.717, 1.165) is 17.7 Å². The number of nitrogens with zero attached hydrogens (tertiary/aromatic N) is 1. The lowest BCUT2D eigenvalue weighted by Crippen LogP contribution is -2.33. The monoisotopic (exact) mass is 251 g/mol. The van der Waals surface area contributed by atoms with Gasteiger partial charge in [0.1, 0.15) is 5.75 Å². The van der Waals surface area contributed by atoms with Gasteiger partial charge < -0.3 is 4.74 Å². The van der Waals surface area contributed by atoms with Crippen molar-refractivity contribution in [2.75, 3.05) is 7.11 Å². The summed E-state index contributed by atoms with van der Waals surface area (Å²) in [6, 6.07) is 2.15. The maximum atomic E-state index is 5.73. The highest BCUT2D eigenvalue weighted by Crippen LogP contribution is 2.29. The molecule has 102 valence electrons. The number of unbranched alkanes of at least 4 members (excludes halogenated alkanes) is 1. The zero-order valence-electron chi connectivity index (χ0n) is 11.6. The first-order chi connectivity index (χ1) is 8.76. The van der Waals surface area contributed by atoms with Crippen LogP contribution in [0.25, 0.3) is 0 Å². The van der Waals surface area contributed by atoms with Crippen molar-refractivity contribution in [1.82, 2.24) is 10.4 Å². The lowest BCUT2D eigenvalue weighted by atomic mass is 9.88. The van der Waals surface area contributed by atoms with Crippen LogP contribution in [0, 0.1) is 5.92 Å². The Balaban J connectivity index is 2.84. The number of nitrogens with two attached hydrogens (primary N) is 1. The predicted molar refractivity (Wildman–Crippen MR) is 74.2 cm³/mol. The zero-order valence-corrected chi connectivity index (χ0v) is 11.6. The van der Waals surface area contributed by atoms with Crippen LogP contribution < -0.4 is 16.0 Å². The van der Waals surface area contributed by atoms with Gasteiger partial charge in [-0.25, -0.2) is 0 Å². The van der Waals surface area contributed by atoms with Gasteiger partial charge in [0, 0.05) is 6.20 Å². The van der Waals surface area contributed by atoms with Crippen LogP contribution in [-0.4, -0.2) is 12.1 Å². The van der Waals surface area contributed by atoms with E-state index in [1.54, 1.807) is 13.3 Å². The Morgan fingerprint density at radius 1 is 1.39 bits per heavy atom. The Morgan fingerprint density at radius 2 is 2.17 bits per heavy atom. The van der Waals surface area contributed by atoms with E-state index in [1.807, 2.05) is 12.3 Å². The number of ether oxygens (including phenoxy) is 1. The quantitative estimate of drug-likeness (QED) is 0.551. The number of nitrogens with one attached hydrogen (secondary N) is 1. The van der Waals surface area contributed by atoms with Crippen molar-refractivity contribution >= 4 is 0 Å². The minimum atomic E-state index is 0.143. The SMILES string of the molecule is CCCCC(CC)C(NN)c1cncc(OC)c1. The Hall–Kier alpha value is -1.13. The molecular weight excluding hydrogens is 226 g/mol. The van der Waals surface area contributed by atoms with Gasteiger partial charge >= 0.3 is 0 Å². The Kier molecular flexibility index (Phi) is 6.68. The van der Waals surface area contributed by atoms with E-state index in [4.69, 9.17) is 10.6 Å². The molecule has 1 heterocycles. The highest BCUT2D eigenvalue weighted by atomic mass is 16.5. The van der Waals surface area contributed by atoms with Crippen molar-refractivity contribution in [2.45, 2.75) is 45.6 Å². The number of aromatic nitrogens is 1. The van der Waals surface area contributed by atoms with Crippen LogP contribution in [-0.2, 0) is 0 Å². The molecule has 4 nitrogen and oxygen atoms in total. The molecule has 2 unspecified atom stereocenters. The molecule has 0 bridgehead atoms. The van der Waals surface area contributed by atoms with Crippen LogP contribution in [0.15, 0.2) is 18.5 Å². The second-order valence-corrected chi connectivity index (χ2v) is 4.61. The summed E-state index contributed by atoms with van der Waals surface area (Å²) in [6.07, 6.45) is 8.30. The molecule has 0 aliphatic rings. The first-order valence-electron chi connectivity index (χ1n) is 6.71. The van der Waals surface area contributed by atoms with Crippen LogP contribution in [0.4, 0.5) is 0 Å². The second-order valence-electron chi connectivity index (χ2n) is 4.61. The minimum Gasteiger partial charge on any atom is -0.495 e. The van der Waals surface area contributed by atoms with E-state index in [9.17, 15) is 0 Å². The second kappa shape index (κ2) is 8.06. The summed E-state index contributed by atoms with van der Waals surface area (Å²) in [7, 11) is 1.65. The first-order valence-corrected chi connectivity index (χ1v) is 6.71. The van der Waals surface area contributed by atoms with Gasteiger partial charge in [0.15, 0.2) is 0 Å². The third-order valence-corrected chi connectivity index (χ3v) is 3.43. The molecule has 4 heteroatoms. The fraction of sp³-hybridized carbons (Fsp3) is 0.643. The lowest BCUT2D eigenvalue weighted by molar-refractivity contribution is 0.324. The number of pyridine rings is 1. The Labute approximate surface area is 110 Å². The molecular formula is C14H25N3O.